The molecule has 1 fully saturated rings. The maximum absolute atomic E-state index is 11.8. The number of aromatic hydroxyl groups is 1. The summed E-state index contributed by atoms with van der Waals surface area (Å²) >= 11 is 1.55. The molecular formula is C19H16N2O2S. The van der Waals surface area contributed by atoms with Crippen molar-refractivity contribution in [2.75, 3.05) is 11.4 Å². The predicted molar refractivity (Wildman–Crippen MR) is 96.2 cm³/mol. The van der Waals surface area contributed by atoms with E-state index in [1.54, 1.807) is 23.5 Å². The van der Waals surface area contributed by atoms with Crippen LogP contribution in [0.1, 0.15) is 12.8 Å². The average molecular weight is 336 g/mol. The van der Waals surface area contributed by atoms with Gasteiger partial charge in [-0.25, -0.2) is 4.98 Å². The van der Waals surface area contributed by atoms with E-state index in [0.717, 1.165) is 40.5 Å². The van der Waals surface area contributed by atoms with E-state index in [1.165, 1.54) is 0 Å². The number of carbonyl (C=O) groups is 1. The summed E-state index contributed by atoms with van der Waals surface area (Å²) in [6, 6.07) is 15.1. The topological polar surface area (TPSA) is 53.4 Å². The number of anilines is 1. The van der Waals surface area contributed by atoms with E-state index in [-0.39, 0.29) is 11.7 Å². The van der Waals surface area contributed by atoms with Gasteiger partial charge in [0.1, 0.15) is 10.8 Å². The van der Waals surface area contributed by atoms with Gasteiger partial charge >= 0.3 is 0 Å². The summed E-state index contributed by atoms with van der Waals surface area (Å²) in [5.74, 6) is 0.437. The van der Waals surface area contributed by atoms with E-state index >= 15 is 0 Å². The first-order valence-corrected chi connectivity index (χ1v) is 8.74. The molecule has 4 nitrogen and oxygen atoms in total. The maximum atomic E-state index is 11.8. The Kier molecular flexibility index (Phi) is 3.78. The summed E-state index contributed by atoms with van der Waals surface area (Å²) < 4.78 is 0. The molecule has 1 aromatic heterocycles. The van der Waals surface area contributed by atoms with Crippen molar-refractivity contribution < 1.29 is 9.90 Å². The van der Waals surface area contributed by atoms with E-state index in [9.17, 15) is 9.90 Å². The van der Waals surface area contributed by atoms with Gasteiger partial charge in [-0.2, -0.15) is 0 Å². The number of phenolic OH excluding ortho intramolecular Hbond substituents is 1. The summed E-state index contributed by atoms with van der Waals surface area (Å²) in [7, 11) is 0. The molecule has 2 heterocycles. The normalized spacial score (nSPS) is 14.3. The fourth-order valence-corrected chi connectivity index (χ4v) is 3.74. The molecule has 5 heteroatoms. The molecule has 0 saturated carbocycles. The van der Waals surface area contributed by atoms with E-state index in [4.69, 9.17) is 0 Å². The molecule has 1 aliphatic heterocycles. The van der Waals surface area contributed by atoms with Crippen molar-refractivity contribution in [2.24, 2.45) is 0 Å². The zero-order valence-electron chi connectivity index (χ0n) is 13.0. The molecule has 1 aliphatic rings. The minimum absolute atomic E-state index is 0.197. The summed E-state index contributed by atoms with van der Waals surface area (Å²) in [5, 5.41) is 12.5. The van der Waals surface area contributed by atoms with Crippen molar-refractivity contribution in [3.05, 3.63) is 53.9 Å². The first kappa shape index (κ1) is 14.9. The number of thiazole rings is 1. The van der Waals surface area contributed by atoms with Gasteiger partial charge in [0.15, 0.2) is 0 Å². The number of amides is 1. The minimum Gasteiger partial charge on any atom is -0.508 e. The maximum Gasteiger partial charge on any atom is 0.227 e. The molecule has 24 heavy (non-hydrogen) atoms. The number of benzene rings is 2. The standard InChI is InChI=1S/C19H16N2O2S/c22-16-4-1-3-14(11-16)19-20-17(12-24-19)13-6-8-15(9-7-13)21-10-2-5-18(21)23/h1,3-4,6-9,11-12,22H,2,5,10H2. The van der Waals surface area contributed by atoms with Crippen LogP contribution in [0.4, 0.5) is 5.69 Å². The average Bonchev–Trinajstić information content (AvgIpc) is 3.24. The second-order valence-electron chi connectivity index (χ2n) is 5.78. The highest BCUT2D eigenvalue weighted by Gasteiger charge is 2.21. The molecule has 3 aromatic rings. The van der Waals surface area contributed by atoms with Crippen LogP contribution in [0.25, 0.3) is 21.8 Å². The third-order valence-electron chi connectivity index (χ3n) is 4.15. The Labute approximate surface area is 144 Å². The van der Waals surface area contributed by atoms with Crippen molar-refractivity contribution in [1.82, 2.24) is 4.98 Å². The molecule has 0 unspecified atom stereocenters. The molecule has 0 spiro atoms. The van der Waals surface area contributed by atoms with Crippen molar-refractivity contribution in [2.45, 2.75) is 12.8 Å². The molecule has 1 saturated heterocycles. The first-order valence-electron chi connectivity index (χ1n) is 7.86. The number of nitrogens with zero attached hydrogens (tertiary/aromatic N) is 2. The van der Waals surface area contributed by atoms with Crippen LogP contribution in [0.5, 0.6) is 5.75 Å². The molecule has 0 bridgehead atoms. The SMILES string of the molecule is O=C1CCCN1c1ccc(-c2csc(-c3cccc(O)c3)n2)cc1. The van der Waals surface area contributed by atoms with Gasteiger partial charge in [0, 0.05) is 35.2 Å². The Balaban J connectivity index is 1.59. The lowest BCUT2D eigenvalue weighted by Gasteiger charge is -2.15. The number of carbonyl (C=O) groups excluding carboxylic acids is 1. The third-order valence-corrected chi connectivity index (χ3v) is 5.04. The van der Waals surface area contributed by atoms with Crippen LogP contribution in [0.15, 0.2) is 53.9 Å². The molecule has 1 amide bonds. The molecule has 2 aromatic carbocycles. The Bertz CT molecular complexity index is 886. The number of aromatic nitrogens is 1. The zero-order valence-corrected chi connectivity index (χ0v) is 13.8. The monoisotopic (exact) mass is 336 g/mol. The number of rotatable bonds is 3. The molecular weight excluding hydrogens is 320 g/mol. The zero-order chi connectivity index (χ0) is 16.5. The van der Waals surface area contributed by atoms with Crippen molar-refractivity contribution in [1.29, 1.82) is 0 Å². The van der Waals surface area contributed by atoms with Gasteiger partial charge in [-0.1, -0.05) is 24.3 Å². The second-order valence-corrected chi connectivity index (χ2v) is 6.64. The number of phenols is 1. The van der Waals surface area contributed by atoms with Crippen LogP contribution < -0.4 is 4.90 Å². The van der Waals surface area contributed by atoms with Gasteiger partial charge in [-0.15, -0.1) is 11.3 Å². The van der Waals surface area contributed by atoms with Crippen LogP contribution in [0.2, 0.25) is 0 Å². The number of hydrogen-bond donors (Lipinski definition) is 1. The lowest BCUT2D eigenvalue weighted by molar-refractivity contribution is -0.117. The van der Waals surface area contributed by atoms with Gasteiger partial charge in [0.2, 0.25) is 5.91 Å². The molecule has 0 atom stereocenters. The fraction of sp³-hybridized carbons (Fsp3) is 0.158. The highest BCUT2D eigenvalue weighted by atomic mass is 32.1. The largest absolute Gasteiger partial charge is 0.508 e. The second kappa shape index (κ2) is 6.09. The lowest BCUT2D eigenvalue weighted by atomic mass is 10.1. The van der Waals surface area contributed by atoms with E-state index in [2.05, 4.69) is 4.98 Å². The van der Waals surface area contributed by atoms with Gasteiger partial charge < -0.3 is 10.0 Å². The van der Waals surface area contributed by atoms with Crippen molar-refractivity contribution >= 4 is 22.9 Å². The minimum atomic E-state index is 0.197. The molecule has 120 valence electrons. The van der Waals surface area contributed by atoms with E-state index in [0.29, 0.717) is 6.42 Å². The molecule has 0 aliphatic carbocycles. The van der Waals surface area contributed by atoms with Crippen LogP contribution in [0, 0.1) is 0 Å². The summed E-state index contributed by atoms with van der Waals surface area (Å²) in [4.78, 5) is 18.3. The van der Waals surface area contributed by atoms with Gasteiger partial charge in [0.05, 0.1) is 5.69 Å². The summed E-state index contributed by atoms with van der Waals surface area (Å²) in [6.07, 6.45) is 1.57. The Morgan fingerprint density at radius 1 is 1.08 bits per heavy atom. The third kappa shape index (κ3) is 2.78. The highest BCUT2D eigenvalue weighted by Crippen LogP contribution is 2.31. The molecule has 4 rings (SSSR count). The van der Waals surface area contributed by atoms with Gasteiger partial charge in [0.25, 0.3) is 0 Å². The fourth-order valence-electron chi connectivity index (χ4n) is 2.91. The Morgan fingerprint density at radius 3 is 2.62 bits per heavy atom. The predicted octanol–water partition coefficient (Wildman–Crippen LogP) is 4.31. The Hall–Kier alpha value is -2.66. The Morgan fingerprint density at radius 2 is 1.92 bits per heavy atom. The smallest absolute Gasteiger partial charge is 0.227 e. The van der Waals surface area contributed by atoms with Crippen LogP contribution >= 0.6 is 11.3 Å². The number of hydrogen-bond acceptors (Lipinski definition) is 4. The van der Waals surface area contributed by atoms with Gasteiger partial charge in [-0.3, -0.25) is 4.79 Å². The van der Waals surface area contributed by atoms with Crippen molar-refractivity contribution in [3.8, 4) is 27.6 Å². The molecule has 1 N–H and O–H groups in total. The lowest BCUT2D eigenvalue weighted by Crippen LogP contribution is -2.23. The first-order chi connectivity index (χ1) is 11.7. The van der Waals surface area contributed by atoms with Crippen LogP contribution in [0.3, 0.4) is 0 Å². The highest BCUT2D eigenvalue weighted by molar-refractivity contribution is 7.13. The van der Waals surface area contributed by atoms with Crippen LogP contribution in [-0.2, 0) is 4.79 Å². The van der Waals surface area contributed by atoms with Crippen LogP contribution in [-0.4, -0.2) is 22.5 Å². The van der Waals surface area contributed by atoms with E-state index < -0.39 is 0 Å². The van der Waals surface area contributed by atoms with E-state index in [1.807, 2.05) is 46.7 Å². The quantitative estimate of drug-likeness (QED) is 0.775. The summed E-state index contributed by atoms with van der Waals surface area (Å²) in [5.41, 5.74) is 3.78. The molecule has 0 radical (unpaired) electrons. The van der Waals surface area contributed by atoms with Crippen molar-refractivity contribution in [3.63, 3.8) is 0 Å². The van der Waals surface area contributed by atoms with Gasteiger partial charge in [-0.05, 0) is 30.7 Å². The summed E-state index contributed by atoms with van der Waals surface area (Å²) in [6.45, 7) is 0.802.